The highest BCUT2D eigenvalue weighted by atomic mass is 16.5. The molecule has 0 aromatic carbocycles. The Labute approximate surface area is 130 Å². The molecule has 1 N–H and O–H groups in total. The second kappa shape index (κ2) is 5.19. The molecular weight excluding hydrogens is 282 g/mol. The molecule has 4 aliphatic heterocycles. The van der Waals surface area contributed by atoms with E-state index in [9.17, 15) is 9.59 Å². The van der Waals surface area contributed by atoms with Crippen LogP contribution >= 0.6 is 0 Å². The number of likely N-dealkylation sites (tertiary alicyclic amines) is 1. The summed E-state index contributed by atoms with van der Waals surface area (Å²) in [5, 5.41) is 4.37. The third-order valence-corrected chi connectivity index (χ3v) is 4.95. The SMILES string of the molecule is CC.CC(C)C1=NNC=C2C3OC(C21)C1C(=O)N(C)C(=O)C31. The van der Waals surface area contributed by atoms with Gasteiger partial charge >= 0.3 is 0 Å². The van der Waals surface area contributed by atoms with Crippen LogP contribution in [0.15, 0.2) is 16.9 Å². The van der Waals surface area contributed by atoms with E-state index in [0.29, 0.717) is 0 Å². The highest BCUT2D eigenvalue weighted by Crippen LogP contribution is 2.54. The van der Waals surface area contributed by atoms with Crippen LogP contribution in [0.4, 0.5) is 0 Å². The molecule has 0 saturated carbocycles. The second-order valence-electron chi connectivity index (χ2n) is 6.25. The number of carbonyl (C=O) groups is 2. The predicted octanol–water partition coefficient (Wildman–Crippen LogP) is 1.14. The maximum atomic E-state index is 12.3. The maximum Gasteiger partial charge on any atom is 0.235 e. The van der Waals surface area contributed by atoms with Gasteiger partial charge in [-0.25, -0.2) is 0 Å². The quantitative estimate of drug-likeness (QED) is 0.738. The predicted molar refractivity (Wildman–Crippen MR) is 81.7 cm³/mol. The number of amides is 2. The first-order valence-electron chi connectivity index (χ1n) is 8.02. The first-order valence-corrected chi connectivity index (χ1v) is 8.02. The van der Waals surface area contributed by atoms with Crippen molar-refractivity contribution in [2.24, 2.45) is 28.8 Å². The molecule has 3 saturated heterocycles. The molecule has 5 atom stereocenters. The van der Waals surface area contributed by atoms with Crippen LogP contribution in [-0.2, 0) is 14.3 Å². The largest absolute Gasteiger partial charge is 0.368 e. The van der Waals surface area contributed by atoms with Gasteiger partial charge in [0.1, 0.15) is 0 Å². The van der Waals surface area contributed by atoms with E-state index in [1.54, 1.807) is 7.05 Å². The molecule has 5 unspecified atom stereocenters. The highest BCUT2D eigenvalue weighted by molar-refractivity contribution is 6.07. The minimum Gasteiger partial charge on any atom is -0.368 e. The van der Waals surface area contributed by atoms with Crippen LogP contribution in [-0.4, -0.2) is 41.7 Å². The average molecular weight is 305 g/mol. The third kappa shape index (κ3) is 1.73. The molecule has 0 spiro atoms. The molecule has 120 valence electrons. The molecule has 0 radical (unpaired) electrons. The zero-order valence-electron chi connectivity index (χ0n) is 13.7. The summed E-state index contributed by atoms with van der Waals surface area (Å²) in [6, 6.07) is 0. The fourth-order valence-electron chi connectivity index (χ4n) is 4.05. The summed E-state index contributed by atoms with van der Waals surface area (Å²) in [6.45, 7) is 8.17. The Morgan fingerprint density at radius 1 is 1.23 bits per heavy atom. The van der Waals surface area contributed by atoms with Gasteiger partial charge < -0.3 is 4.74 Å². The van der Waals surface area contributed by atoms with Gasteiger partial charge in [0, 0.05) is 13.2 Å². The molecule has 2 bridgehead atoms. The number of rotatable bonds is 1. The summed E-state index contributed by atoms with van der Waals surface area (Å²) >= 11 is 0. The molecule has 4 heterocycles. The fourth-order valence-corrected chi connectivity index (χ4v) is 4.05. The Balaban J connectivity index is 0.000000693. The third-order valence-electron chi connectivity index (χ3n) is 4.95. The number of hydrazone groups is 1. The maximum absolute atomic E-state index is 12.3. The molecular formula is C16H23N3O3. The lowest BCUT2D eigenvalue weighted by atomic mass is 9.69. The normalized spacial score (nSPS) is 38.1. The van der Waals surface area contributed by atoms with Crippen LogP contribution < -0.4 is 5.43 Å². The number of hydrogen-bond acceptors (Lipinski definition) is 5. The number of carbonyl (C=O) groups excluding carboxylic acids is 2. The molecule has 0 aromatic rings. The molecule has 2 amide bonds. The minimum absolute atomic E-state index is 0.0470. The minimum atomic E-state index is -0.340. The van der Waals surface area contributed by atoms with Gasteiger partial charge in [-0.1, -0.05) is 27.7 Å². The average Bonchev–Trinajstić information content (AvgIpc) is 3.16. The lowest BCUT2D eigenvalue weighted by Crippen LogP contribution is -2.43. The smallest absolute Gasteiger partial charge is 0.235 e. The Morgan fingerprint density at radius 2 is 1.86 bits per heavy atom. The van der Waals surface area contributed by atoms with Gasteiger partial charge in [-0.15, -0.1) is 0 Å². The number of ether oxygens (including phenoxy) is 1. The summed E-state index contributed by atoms with van der Waals surface area (Å²) in [4.78, 5) is 25.8. The molecule has 6 nitrogen and oxygen atoms in total. The van der Waals surface area contributed by atoms with Crippen LogP contribution in [0.1, 0.15) is 27.7 Å². The van der Waals surface area contributed by atoms with Gasteiger partial charge in [0.2, 0.25) is 11.8 Å². The molecule has 0 aliphatic carbocycles. The summed E-state index contributed by atoms with van der Waals surface area (Å²) in [5.41, 5.74) is 5.02. The molecule has 4 aliphatic rings. The van der Waals surface area contributed by atoms with Crippen molar-refractivity contribution in [1.29, 1.82) is 0 Å². The van der Waals surface area contributed by atoms with Gasteiger partial charge in [-0.3, -0.25) is 19.9 Å². The molecule has 3 fully saturated rings. The number of fused-ring (bicyclic) bond motifs is 8. The Morgan fingerprint density at radius 3 is 2.50 bits per heavy atom. The number of nitrogens with one attached hydrogen (secondary N) is 1. The topological polar surface area (TPSA) is 71.0 Å². The van der Waals surface area contributed by atoms with E-state index in [2.05, 4.69) is 24.4 Å². The van der Waals surface area contributed by atoms with E-state index in [0.717, 1.165) is 11.3 Å². The molecule has 4 rings (SSSR count). The standard InChI is InChI=1S/C14H17N3O3.C2H6/c1-5(2)10-7-6(4-15-16-10)11-8-9(12(7)20-11)14(19)17(3)13(8)18;1-2/h4-5,7-9,11-12,15H,1-3H3;1-2H3. The Hall–Kier alpha value is -1.69. The fraction of sp³-hybridized carbons (Fsp3) is 0.688. The first kappa shape index (κ1) is 15.2. The van der Waals surface area contributed by atoms with Crippen molar-refractivity contribution in [3.05, 3.63) is 11.8 Å². The summed E-state index contributed by atoms with van der Waals surface area (Å²) < 4.78 is 6.00. The van der Waals surface area contributed by atoms with Crippen LogP contribution in [0.25, 0.3) is 0 Å². The van der Waals surface area contributed by atoms with Crippen LogP contribution in [0, 0.1) is 23.7 Å². The second-order valence-corrected chi connectivity index (χ2v) is 6.25. The lowest BCUT2D eigenvalue weighted by molar-refractivity contribution is -0.140. The van der Waals surface area contributed by atoms with Gasteiger partial charge in [-0.2, -0.15) is 5.10 Å². The number of nitrogens with zero attached hydrogens (tertiary/aromatic N) is 2. The van der Waals surface area contributed by atoms with Gasteiger partial charge in [0.25, 0.3) is 0 Å². The van der Waals surface area contributed by atoms with Gasteiger partial charge in [0.15, 0.2) is 0 Å². The van der Waals surface area contributed by atoms with Crippen molar-refractivity contribution < 1.29 is 14.3 Å². The van der Waals surface area contributed by atoms with Crippen molar-refractivity contribution in [1.82, 2.24) is 10.3 Å². The van der Waals surface area contributed by atoms with Crippen molar-refractivity contribution in [2.45, 2.75) is 39.9 Å². The summed E-state index contributed by atoms with van der Waals surface area (Å²) in [5.74, 6) is -0.558. The first-order chi connectivity index (χ1) is 10.5. The zero-order valence-corrected chi connectivity index (χ0v) is 13.7. The molecule has 6 heteroatoms. The summed E-state index contributed by atoms with van der Waals surface area (Å²) in [7, 11) is 1.57. The van der Waals surface area contributed by atoms with E-state index in [1.165, 1.54) is 4.90 Å². The van der Waals surface area contributed by atoms with Crippen molar-refractivity contribution in [3.8, 4) is 0 Å². The lowest BCUT2D eigenvalue weighted by Gasteiger charge is -2.32. The Kier molecular flexibility index (Phi) is 3.59. The summed E-state index contributed by atoms with van der Waals surface area (Å²) in [6.07, 6.45) is 1.34. The van der Waals surface area contributed by atoms with E-state index < -0.39 is 0 Å². The van der Waals surface area contributed by atoms with E-state index in [1.807, 2.05) is 20.0 Å². The van der Waals surface area contributed by atoms with E-state index in [4.69, 9.17) is 4.74 Å². The monoisotopic (exact) mass is 305 g/mol. The zero-order chi connectivity index (χ0) is 16.2. The van der Waals surface area contributed by atoms with Crippen molar-refractivity contribution in [3.63, 3.8) is 0 Å². The number of imide groups is 1. The van der Waals surface area contributed by atoms with Crippen LogP contribution in [0.5, 0.6) is 0 Å². The van der Waals surface area contributed by atoms with Gasteiger partial charge in [-0.05, 0) is 11.5 Å². The Bertz CT molecular complexity index is 581. The molecule has 22 heavy (non-hydrogen) atoms. The molecule has 0 aromatic heterocycles. The van der Waals surface area contributed by atoms with Crippen molar-refractivity contribution in [2.75, 3.05) is 7.05 Å². The number of hydrogen-bond donors (Lipinski definition) is 1. The van der Waals surface area contributed by atoms with Crippen molar-refractivity contribution >= 4 is 17.5 Å². The van der Waals surface area contributed by atoms with Gasteiger partial charge in [0.05, 0.1) is 35.7 Å². The van der Waals surface area contributed by atoms with E-state index >= 15 is 0 Å². The van der Waals surface area contributed by atoms with E-state index in [-0.39, 0.29) is 47.7 Å². The van der Waals surface area contributed by atoms with Crippen LogP contribution in [0.2, 0.25) is 0 Å². The highest BCUT2D eigenvalue weighted by Gasteiger charge is 2.67. The van der Waals surface area contributed by atoms with Crippen LogP contribution in [0.3, 0.4) is 0 Å².